The van der Waals surface area contributed by atoms with Crippen LogP contribution in [-0.2, 0) is 46.5 Å². The van der Waals surface area contributed by atoms with E-state index < -0.39 is 12.4 Å². The third kappa shape index (κ3) is 27.9. The molecular weight excluding hydrogens is 733 g/mol. The number of alkyl carbamates (subject to hydrolysis) is 1. The van der Waals surface area contributed by atoms with Crippen molar-refractivity contribution < 1.29 is 38.1 Å². The molecule has 1 atom stereocenters. The standard InChI is InChI=1S/C48H84N2O8/c1-5-8-11-14-17-20-25-44(58-48(53)49-30-33-50-31-21-22-32-50)26-27-45(51)56-39-42-36-41(4)37-43(38-42)40-57-46(52)28-29-47(54-34-23-18-15-12-9-6-2)55-35-24-19-16-13-10-7-3/h36-38,44,47H,5-35,39-40H2,1-4H3,(H,49,53). The van der Waals surface area contributed by atoms with Crippen LogP contribution in [-0.4, -0.2) is 74.7 Å². The molecule has 1 amide bonds. The van der Waals surface area contributed by atoms with Gasteiger partial charge in [-0.25, -0.2) is 4.79 Å². The van der Waals surface area contributed by atoms with E-state index in [0.717, 1.165) is 81.3 Å². The van der Waals surface area contributed by atoms with Crippen molar-refractivity contribution in [3.8, 4) is 0 Å². The third-order valence-electron chi connectivity index (χ3n) is 10.9. The molecule has 0 saturated carbocycles. The summed E-state index contributed by atoms with van der Waals surface area (Å²) in [6.07, 6.45) is 24.5. The first-order valence-corrected chi connectivity index (χ1v) is 23.6. The van der Waals surface area contributed by atoms with Gasteiger partial charge in [-0.1, -0.05) is 135 Å². The van der Waals surface area contributed by atoms with E-state index in [1.165, 1.54) is 89.9 Å². The number of likely N-dealkylation sites (tertiary alicyclic amines) is 1. The number of carbonyl (C=O) groups excluding carboxylic acids is 3. The Labute approximate surface area is 353 Å². The second kappa shape index (κ2) is 35.1. The van der Waals surface area contributed by atoms with Crippen molar-refractivity contribution in [1.82, 2.24) is 10.2 Å². The number of benzene rings is 1. The number of hydrogen-bond acceptors (Lipinski definition) is 9. The number of rotatable bonds is 37. The van der Waals surface area contributed by atoms with Crippen LogP contribution in [0.15, 0.2) is 18.2 Å². The number of nitrogens with one attached hydrogen (secondary N) is 1. The van der Waals surface area contributed by atoms with E-state index >= 15 is 0 Å². The minimum atomic E-state index is -0.412. The molecule has 1 saturated heterocycles. The number of carbonyl (C=O) groups is 3. The smallest absolute Gasteiger partial charge is 0.407 e. The summed E-state index contributed by atoms with van der Waals surface area (Å²) in [5, 5.41) is 2.90. The van der Waals surface area contributed by atoms with Gasteiger partial charge in [0.1, 0.15) is 19.3 Å². The minimum absolute atomic E-state index is 0.120. The van der Waals surface area contributed by atoms with Crippen molar-refractivity contribution in [2.24, 2.45) is 0 Å². The summed E-state index contributed by atoms with van der Waals surface area (Å²) in [5.41, 5.74) is 2.68. The summed E-state index contributed by atoms with van der Waals surface area (Å²) in [4.78, 5) is 40.7. The summed E-state index contributed by atoms with van der Waals surface area (Å²) in [6, 6.07) is 5.87. The first kappa shape index (κ1) is 51.5. The molecule has 0 aromatic heterocycles. The lowest BCUT2D eigenvalue weighted by Crippen LogP contribution is -2.35. The highest BCUT2D eigenvalue weighted by Crippen LogP contribution is 2.18. The Bertz CT molecular complexity index is 1170. The Morgan fingerprint density at radius 1 is 0.621 bits per heavy atom. The van der Waals surface area contributed by atoms with Crippen LogP contribution in [0, 0.1) is 6.92 Å². The summed E-state index contributed by atoms with van der Waals surface area (Å²) in [7, 11) is 0. The van der Waals surface area contributed by atoms with Crippen LogP contribution in [0.25, 0.3) is 0 Å². The molecular formula is C48H84N2O8. The fourth-order valence-electron chi connectivity index (χ4n) is 7.44. The molecule has 0 spiro atoms. The maximum absolute atomic E-state index is 12.9. The van der Waals surface area contributed by atoms with Crippen molar-refractivity contribution in [2.75, 3.05) is 39.4 Å². The second-order valence-corrected chi connectivity index (χ2v) is 16.5. The van der Waals surface area contributed by atoms with E-state index in [1.54, 1.807) is 0 Å². The van der Waals surface area contributed by atoms with Crippen LogP contribution in [0.4, 0.5) is 4.79 Å². The average Bonchev–Trinajstić information content (AvgIpc) is 3.74. The zero-order chi connectivity index (χ0) is 41.9. The van der Waals surface area contributed by atoms with Crippen molar-refractivity contribution in [3.63, 3.8) is 0 Å². The van der Waals surface area contributed by atoms with Crippen LogP contribution in [0.3, 0.4) is 0 Å². The topological polar surface area (TPSA) is 113 Å². The molecule has 1 fully saturated rings. The molecule has 58 heavy (non-hydrogen) atoms. The lowest BCUT2D eigenvalue weighted by atomic mass is 10.0. The summed E-state index contributed by atoms with van der Waals surface area (Å²) in [5.74, 6) is -0.615. The largest absolute Gasteiger partial charge is 0.461 e. The lowest BCUT2D eigenvalue weighted by Gasteiger charge is -2.19. The van der Waals surface area contributed by atoms with Gasteiger partial charge in [0.05, 0.1) is 6.42 Å². The van der Waals surface area contributed by atoms with Crippen LogP contribution in [0.5, 0.6) is 0 Å². The predicted octanol–water partition coefficient (Wildman–Crippen LogP) is 11.7. The van der Waals surface area contributed by atoms with Gasteiger partial charge in [-0.05, 0) is 82.2 Å². The first-order valence-electron chi connectivity index (χ1n) is 23.6. The number of aryl methyl sites for hydroxylation is 1. The second-order valence-electron chi connectivity index (χ2n) is 16.5. The molecule has 1 aromatic carbocycles. The zero-order valence-corrected chi connectivity index (χ0v) is 37.4. The minimum Gasteiger partial charge on any atom is -0.461 e. The molecule has 1 unspecified atom stereocenters. The predicted molar refractivity (Wildman–Crippen MR) is 234 cm³/mol. The van der Waals surface area contributed by atoms with Gasteiger partial charge in [-0.2, -0.15) is 0 Å². The van der Waals surface area contributed by atoms with Gasteiger partial charge in [-0.3, -0.25) is 9.59 Å². The average molecular weight is 817 g/mol. The van der Waals surface area contributed by atoms with Gasteiger partial charge >= 0.3 is 18.0 Å². The number of hydrogen-bond donors (Lipinski definition) is 1. The molecule has 2 rings (SSSR count). The van der Waals surface area contributed by atoms with Gasteiger partial charge in [0, 0.05) is 39.1 Å². The molecule has 10 heteroatoms. The van der Waals surface area contributed by atoms with E-state index in [2.05, 4.69) is 31.0 Å². The maximum atomic E-state index is 12.9. The van der Waals surface area contributed by atoms with Gasteiger partial charge in [0.2, 0.25) is 0 Å². The van der Waals surface area contributed by atoms with E-state index in [0.29, 0.717) is 32.6 Å². The molecule has 1 N–H and O–H groups in total. The summed E-state index contributed by atoms with van der Waals surface area (Å²) >= 11 is 0. The molecule has 1 aliphatic heterocycles. The van der Waals surface area contributed by atoms with Crippen LogP contribution in [0.1, 0.15) is 198 Å². The molecule has 1 aromatic rings. The quantitative estimate of drug-likeness (QED) is 0.0303. The van der Waals surface area contributed by atoms with Crippen molar-refractivity contribution in [3.05, 3.63) is 34.9 Å². The van der Waals surface area contributed by atoms with Crippen molar-refractivity contribution in [1.29, 1.82) is 0 Å². The van der Waals surface area contributed by atoms with Gasteiger partial charge in [0.15, 0.2) is 6.29 Å². The fourth-order valence-corrected chi connectivity index (χ4v) is 7.44. The Balaban J connectivity index is 1.79. The highest BCUT2D eigenvalue weighted by Gasteiger charge is 2.19. The first-order chi connectivity index (χ1) is 28.3. The molecule has 334 valence electrons. The molecule has 0 radical (unpaired) electrons. The van der Waals surface area contributed by atoms with Gasteiger partial charge in [-0.15, -0.1) is 0 Å². The summed E-state index contributed by atoms with van der Waals surface area (Å²) < 4.78 is 29.3. The molecule has 1 aliphatic rings. The Morgan fingerprint density at radius 3 is 1.64 bits per heavy atom. The van der Waals surface area contributed by atoms with E-state index in [9.17, 15) is 14.4 Å². The Morgan fingerprint density at radius 2 is 1.10 bits per heavy atom. The maximum Gasteiger partial charge on any atom is 0.407 e. The summed E-state index contributed by atoms with van der Waals surface area (Å²) in [6.45, 7) is 13.7. The highest BCUT2D eigenvalue weighted by molar-refractivity contribution is 5.70. The molecule has 0 aliphatic carbocycles. The van der Waals surface area contributed by atoms with Gasteiger partial charge in [0.25, 0.3) is 0 Å². The van der Waals surface area contributed by atoms with E-state index in [-0.39, 0.29) is 44.1 Å². The molecule has 1 heterocycles. The van der Waals surface area contributed by atoms with Crippen LogP contribution < -0.4 is 5.32 Å². The number of esters is 2. The Kier molecular flexibility index (Phi) is 31.1. The van der Waals surface area contributed by atoms with Crippen LogP contribution >= 0.6 is 0 Å². The number of ether oxygens (including phenoxy) is 5. The number of amides is 1. The third-order valence-corrected chi connectivity index (χ3v) is 10.9. The molecule has 0 bridgehead atoms. The molecule has 10 nitrogen and oxygen atoms in total. The van der Waals surface area contributed by atoms with Crippen molar-refractivity contribution >= 4 is 18.0 Å². The van der Waals surface area contributed by atoms with Gasteiger partial charge < -0.3 is 33.9 Å². The number of unbranched alkanes of at least 4 members (excludes halogenated alkanes) is 15. The lowest BCUT2D eigenvalue weighted by molar-refractivity contribution is -0.160. The van der Waals surface area contributed by atoms with Crippen molar-refractivity contribution in [2.45, 2.75) is 214 Å². The SMILES string of the molecule is CCCCCCCCOC(CCC(=O)OCc1cc(C)cc(COC(=O)CCC(CCCCCCCC)OC(=O)NCCN2CCCC2)c1)OCCCCCCCC. The zero-order valence-electron chi connectivity index (χ0n) is 37.4. The number of nitrogens with zero attached hydrogens (tertiary/aromatic N) is 1. The van der Waals surface area contributed by atoms with E-state index in [4.69, 9.17) is 23.7 Å². The Hall–Kier alpha value is -2.69. The fraction of sp³-hybridized carbons (Fsp3) is 0.812. The normalized spacial score (nSPS) is 13.5. The monoisotopic (exact) mass is 817 g/mol. The highest BCUT2D eigenvalue weighted by atomic mass is 16.7. The van der Waals surface area contributed by atoms with E-state index in [1.807, 2.05) is 25.1 Å². The van der Waals surface area contributed by atoms with Crippen LogP contribution in [0.2, 0.25) is 0 Å².